The Labute approximate surface area is 514 Å². The predicted octanol–water partition coefficient (Wildman–Crippen LogP) is 17.9. The summed E-state index contributed by atoms with van der Waals surface area (Å²) < 4.78 is 0. The average Bonchev–Trinajstić information content (AvgIpc) is 2.97. The number of aryl methyl sites for hydroxylation is 4. The first-order valence-corrected chi connectivity index (χ1v) is 29.7. The van der Waals surface area contributed by atoms with Crippen molar-refractivity contribution in [3.8, 4) is 23.0 Å². The van der Waals surface area contributed by atoms with Gasteiger partial charge < -0.3 is 40.9 Å². The van der Waals surface area contributed by atoms with E-state index in [2.05, 4.69) is 166 Å². The van der Waals surface area contributed by atoms with Gasteiger partial charge in [0.15, 0.2) is 0 Å². The SMILES string of the molecule is C.Cc1c(CCC(=O)O)cc(C(C)(C)C)c(O)c1C(C)(C)C.Cc1c(CCC(=O)O)cc(C(C)(C)C)c(O)c1C(C)(C)C.Cc1c(CCC(=O)O)cc(C(C)(C)C)c(O)c1C(C)(C)C.Cc1c(CCC(=O)O)cc(C(C)(C)C)c(O)c1C(C)(C)C. The number of aliphatic carboxylic acids is 4. The molecule has 0 aliphatic carbocycles. The number of carbonyl (C=O) groups is 4. The first kappa shape index (κ1) is 79.0. The highest BCUT2D eigenvalue weighted by Gasteiger charge is 2.33. The van der Waals surface area contributed by atoms with Gasteiger partial charge in [-0.3, -0.25) is 19.2 Å². The van der Waals surface area contributed by atoms with Crippen LogP contribution in [0.2, 0.25) is 0 Å². The molecule has 0 aliphatic rings. The van der Waals surface area contributed by atoms with Crippen LogP contribution in [0.4, 0.5) is 0 Å². The lowest BCUT2D eigenvalue weighted by atomic mass is 9.75. The molecule has 85 heavy (non-hydrogen) atoms. The third-order valence-electron chi connectivity index (χ3n) is 15.3. The third kappa shape index (κ3) is 22.3. The first-order chi connectivity index (χ1) is 37.4. The van der Waals surface area contributed by atoms with Gasteiger partial charge in [0.05, 0.1) is 0 Å². The van der Waals surface area contributed by atoms with E-state index in [-0.39, 0.29) is 76.4 Å². The minimum atomic E-state index is -0.794. The third-order valence-corrected chi connectivity index (χ3v) is 15.3. The summed E-state index contributed by atoms with van der Waals surface area (Å²) in [5.41, 5.74) is 13.9. The summed E-state index contributed by atoms with van der Waals surface area (Å²) in [5.74, 6) is -1.76. The molecule has 0 atom stereocenters. The van der Waals surface area contributed by atoms with E-state index in [1.807, 2.05) is 52.0 Å². The van der Waals surface area contributed by atoms with Crippen molar-refractivity contribution in [3.05, 3.63) is 113 Å². The number of aromatic hydroxyl groups is 4. The number of hydrogen-bond donors (Lipinski definition) is 8. The monoisotopic (exact) mass is 1180 g/mol. The summed E-state index contributed by atoms with van der Waals surface area (Å²) in [7, 11) is 0. The normalized spacial score (nSPS) is 12.4. The highest BCUT2D eigenvalue weighted by Crippen LogP contribution is 2.47. The zero-order valence-corrected chi connectivity index (χ0v) is 57.2. The molecule has 0 aliphatic heterocycles. The van der Waals surface area contributed by atoms with Gasteiger partial charge >= 0.3 is 23.9 Å². The van der Waals surface area contributed by atoms with Crippen LogP contribution in [0.15, 0.2) is 24.3 Å². The molecule has 0 radical (unpaired) electrons. The highest BCUT2D eigenvalue weighted by molar-refractivity contribution is 5.69. The Bertz CT molecular complexity index is 2580. The minimum Gasteiger partial charge on any atom is -0.507 e. The average molecular weight is 1190 g/mol. The van der Waals surface area contributed by atoms with E-state index >= 15 is 0 Å². The molecule has 0 fully saturated rings. The molecule has 0 heterocycles. The molecule has 12 heteroatoms. The fraction of sp³-hybridized carbons (Fsp3) is 0.616. The van der Waals surface area contributed by atoms with Gasteiger partial charge in [0.1, 0.15) is 23.0 Å². The molecule has 0 unspecified atom stereocenters. The molecule has 0 amide bonds. The molecule has 4 aromatic carbocycles. The standard InChI is InChI=1S/4C18H28O3.CH4/c4*1-11-12(8-9-14(19)20)10-13(17(2,3)4)16(21)15(11)18(5,6)7;/h4*10,21H,8-9H2,1-7H3,(H,19,20);1H4. The second kappa shape index (κ2) is 29.1. The Morgan fingerprint density at radius 2 is 0.412 bits per heavy atom. The van der Waals surface area contributed by atoms with Crippen molar-refractivity contribution in [2.75, 3.05) is 0 Å². The minimum absolute atomic E-state index is 0. The largest absolute Gasteiger partial charge is 0.507 e. The van der Waals surface area contributed by atoms with E-state index in [0.29, 0.717) is 48.7 Å². The summed E-state index contributed by atoms with van der Waals surface area (Å²) in [4.78, 5) is 43.5. The lowest BCUT2D eigenvalue weighted by molar-refractivity contribution is -0.138. The van der Waals surface area contributed by atoms with E-state index in [0.717, 1.165) is 89.0 Å². The van der Waals surface area contributed by atoms with Crippen LogP contribution in [-0.2, 0) is 88.2 Å². The number of carboxylic acids is 4. The molecule has 0 saturated heterocycles. The second-order valence-electron chi connectivity index (χ2n) is 31.3. The zero-order chi connectivity index (χ0) is 66.3. The van der Waals surface area contributed by atoms with Crippen LogP contribution in [0.25, 0.3) is 0 Å². The number of carboxylic acid groups (broad SMARTS) is 4. The Balaban J connectivity index is 0.00000110. The van der Waals surface area contributed by atoms with Gasteiger partial charge in [0.25, 0.3) is 0 Å². The van der Waals surface area contributed by atoms with E-state index in [9.17, 15) is 39.6 Å². The Morgan fingerprint density at radius 1 is 0.282 bits per heavy atom. The van der Waals surface area contributed by atoms with E-state index in [1.54, 1.807) is 0 Å². The van der Waals surface area contributed by atoms with Crippen molar-refractivity contribution < 1.29 is 60.0 Å². The predicted molar refractivity (Wildman–Crippen MR) is 352 cm³/mol. The van der Waals surface area contributed by atoms with E-state index in [1.165, 1.54) is 0 Å². The summed E-state index contributed by atoms with van der Waals surface area (Å²) >= 11 is 0. The maximum atomic E-state index is 10.9. The van der Waals surface area contributed by atoms with Crippen molar-refractivity contribution in [1.29, 1.82) is 0 Å². The molecular formula is C73H116O12. The van der Waals surface area contributed by atoms with E-state index in [4.69, 9.17) is 20.4 Å². The van der Waals surface area contributed by atoms with Gasteiger partial charge in [0.2, 0.25) is 0 Å². The molecule has 0 spiro atoms. The maximum absolute atomic E-state index is 10.9. The maximum Gasteiger partial charge on any atom is 0.303 e. The fourth-order valence-electron chi connectivity index (χ4n) is 11.3. The topological polar surface area (TPSA) is 230 Å². The first-order valence-electron chi connectivity index (χ1n) is 29.7. The van der Waals surface area contributed by atoms with Crippen molar-refractivity contribution >= 4 is 23.9 Å². The van der Waals surface area contributed by atoms with Crippen LogP contribution in [0.1, 0.15) is 288 Å². The number of phenolic OH excluding ortho intramolecular Hbond substituents is 4. The van der Waals surface area contributed by atoms with Crippen molar-refractivity contribution in [3.63, 3.8) is 0 Å². The van der Waals surface area contributed by atoms with Crippen molar-refractivity contribution in [1.82, 2.24) is 0 Å². The summed E-state index contributed by atoms with van der Waals surface area (Å²) in [6.45, 7) is 57.5. The van der Waals surface area contributed by atoms with Gasteiger partial charge in [-0.1, -0.05) is 198 Å². The molecule has 4 aromatic rings. The van der Waals surface area contributed by atoms with Gasteiger partial charge in [-0.2, -0.15) is 0 Å². The molecule has 4 rings (SSSR count). The number of phenols is 4. The van der Waals surface area contributed by atoms with Gasteiger partial charge in [-0.05, 0) is 163 Å². The Kier molecular flexibility index (Phi) is 27.0. The van der Waals surface area contributed by atoms with Crippen LogP contribution in [0.5, 0.6) is 23.0 Å². The summed E-state index contributed by atoms with van der Waals surface area (Å²) in [6.07, 6.45) is 2.41. The van der Waals surface area contributed by atoms with Gasteiger partial charge in [-0.15, -0.1) is 0 Å². The van der Waals surface area contributed by atoms with E-state index < -0.39 is 23.9 Å². The van der Waals surface area contributed by atoms with Crippen LogP contribution in [-0.4, -0.2) is 64.7 Å². The number of hydrogen-bond acceptors (Lipinski definition) is 8. The number of rotatable bonds is 12. The molecular weight excluding hydrogens is 1070 g/mol. The smallest absolute Gasteiger partial charge is 0.303 e. The van der Waals surface area contributed by atoms with Crippen LogP contribution in [0, 0.1) is 27.7 Å². The second-order valence-corrected chi connectivity index (χ2v) is 31.3. The van der Waals surface area contributed by atoms with Crippen molar-refractivity contribution in [2.24, 2.45) is 0 Å². The zero-order valence-electron chi connectivity index (χ0n) is 57.2. The molecule has 8 N–H and O–H groups in total. The fourth-order valence-corrected chi connectivity index (χ4v) is 11.3. The van der Waals surface area contributed by atoms with Gasteiger partial charge in [-0.25, -0.2) is 0 Å². The molecule has 12 nitrogen and oxygen atoms in total. The lowest BCUT2D eigenvalue weighted by Crippen LogP contribution is -2.20. The highest BCUT2D eigenvalue weighted by atomic mass is 16.4. The lowest BCUT2D eigenvalue weighted by Gasteiger charge is -2.30. The molecule has 480 valence electrons. The van der Waals surface area contributed by atoms with Gasteiger partial charge in [0, 0.05) is 47.9 Å². The van der Waals surface area contributed by atoms with Crippen LogP contribution >= 0.6 is 0 Å². The number of benzene rings is 4. The quantitative estimate of drug-likeness (QED) is 0.0662. The Hall–Kier alpha value is -6.04. The van der Waals surface area contributed by atoms with Crippen LogP contribution < -0.4 is 0 Å². The molecule has 0 aromatic heterocycles. The molecule has 0 bridgehead atoms. The summed E-state index contributed by atoms with van der Waals surface area (Å²) in [6, 6.07) is 7.90. The summed E-state index contributed by atoms with van der Waals surface area (Å²) in [5, 5.41) is 78.6. The van der Waals surface area contributed by atoms with Crippen LogP contribution in [0.3, 0.4) is 0 Å². The Morgan fingerprint density at radius 3 is 0.506 bits per heavy atom. The molecule has 0 saturated carbocycles. The van der Waals surface area contributed by atoms with Crippen molar-refractivity contribution in [2.45, 2.75) is 296 Å².